The minimum absolute atomic E-state index is 0.0964. The molecule has 2 aromatic rings. The Bertz CT molecular complexity index is 905. The smallest absolute Gasteiger partial charge is 0.336 e. The van der Waals surface area contributed by atoms with Gasteiger partial charge in [-0.05, 0) is 43.4 Å². The van der Waals surface area contributed by atoms with Crippen LogP contribution in [0.5, 0.6) is 5.75 Å². The monoisotopic (exact) mass is 372 g/mol. The van der Waals surface area contributed by atoms with Crippen molar-refractivity contribution in [2.75, 3.05) is 6.61 Å². The Balaban J connectivity index is 1.53. The van der Waals surface area contributed by atoms with Gasteiger partial charge in [0.2, 0.25) is 0 Å². The minimum Gasteiger partial charge on any atom is -0.484 e. The van der Waals surface area contributed by atoms with Crippen LogP contribution < -0.4 is 21.0 Å². The Kier molecular flexibility index (Phi) is 5.78. The molecular formula is C20H24N2O5. The molecule has 0 bridgehead atoms. The number of rotatable bonds is 4. The Morgan fingerprint density at radius 3 is 2.78 bits per heavy atom. The van der Waals surface area contributed by atoms with Crippen LogP contribution in [0.2, 0.25) is 0 Å². The first-order valence-corrected chi connectivity index (χ1v) is 9.20. The van der Waals surface area contributed by atoms with Gasteiger partial charge in [0.1, 0.15) is 11.3 Å². The van der Waals surface area contributed by atoms with E-state index in [-0.39, 0.29) is 12.6 Å². The summed E-state index contributed by atoms with van der Waals surface area (Å²) in [6, 6.07) is 6.02. The maximum atomic E-state index is 12.0. The number of amides is 3. The first-order valence-electron chi connectivity index (χ1n) is 9.20. The highest BCUT2D eigenvalue weighted by atomic mass is 16.5. The lowest BCUT2D eigenvalue weighted by Crippen LogP contribution is -2.48. The largest absolute Gasteiger partial charge is 0.484 e. The molecule has 1 aliphatic carbocycles. The van der Waals surface area contributed by atoms with E-state index < -0.39 is 17.6 Å². The van der Waals surface area contributed by atoms with Gasteiger partial charge in [0.25, 0.3) is 5.91 Å². The van der Waals surface area contributed by atoms with Gasteiger partial charge in [-0.2, -0.15) is 0 Å². The SMILES string of the molecule is Cc1cc(=O)oc2cc(OCC(=O)NC(=O)N[C@@H]3CCCC[C@@H]3C)ccc12. The number of carbonyl (C=O) groups is 2. The third-order valence-electron chi connectivity index (χ3n) is 4.97. The standard InChI is InChI=1S/C20H24N2O5/c1-12-5-3-4-6-16(12)21-20(25)22-18(23)11-26-14-7-8-15-13(2)9-19(24)27-17(15)10-14/h7-10,12,16H,3-6,11H2,1-2H3,(H2,21,22,23,25)/t12-,16+/m0/s1. The van der Waals surface area contributed by atoms with Crippen molar-refractivity contribution in [2.45, 2.75) is 45.6 Å². The molecule has 7 nitrogen and oxygen atoms in total. The average molecular weight is 372 g/mol. The predicted molar refractivity (Wildman–Crippen MR) is 101 cm³/mol. The summed E-state index contributed by atoms with van der Waals surface area (Å²) in [5.74, 6) is 0.251. The van der Waals surface area contributed by atoms with Gasteiger partial charge in [-0.3, -0.25) is 10.1 Å². The topological polar surface area (TPSA) is 97.6 Å². The number of ether oxygens (including phenoxy) is 1. The average Bonchev–Trinajstić information content (AvgIpc) is 2.61. The van der Waals surface area contributed by atoms with Crippen molar-refractivity contribution < 1.29 is 18.7 Å². The summed E-state index contributed by atoms with van der Waals surface area (Å²) in [4.78, 5) is 35.4. The van der Waals surface area contributed by atoms with Crippen LogP contribution in [0.4, 0.5) is 4.79 Å². The van der Waals surface area contributed by atoms with Crippen LogP contribution in [0.25, 0.3) is 11.0 Å². The number of nitrogens with one attached hydrogen (secondary N) is 2. The van der Waals surface area contributed by atoms with Crippen LogP contribution in [0.15, 0.2) is 33.5 Å². The van der Waals surface area contributed by atoms with Crippen molar-refractivity contribution in [1.82, 2.24) is 10.6 Å². The molecule has 0 unspecified atom stereocenters. The zero-order chi connectivity index (χ0) is 19.4. The van der Waals surface area contributed by atoms with Gasteiger partial charge >= 0.3 is 11.7 Å². The quantitative estimate of drug-likeness (QED) is 0.804. The van der Waals surface area contributed by atoms with Crippen molar-refractivity contribution in [3.8, 4) is 5.75 Å². The fourth-order valence-electron chi connectivity index (χ4n) is 3.44. The van der Waals surface area contributed by atoms with Gasteiger partial charge < -0.3 is 14.5 Å². The molecule has 27 heavy (non-hydrogen) atoms. The summed E-state index contributed by atoms with van der Waals surface area (Å²) >= 11 is 0. The Morgan fingerprint density at radius 2 is 2.00 bits per heavy atom. The van der Waals surface area contributed by atoms with Crippen LogP contribution in [0.3, 0.4) is 0 Å². The van der Waals surface area contributed by atoms with E-state index in [1.807, 2.05) is 6.92 Å². The lowest BCUT2D eigenvalue weighted by atomic mass is 9.86. The van der Waals surface area contributed by atoms with E-state index in [1.54, 1.807) is 18.2 Å². The molecule has 0 saturated heterocycles. The molecule has 0 spiro atoms. The van der Waals surface area contributed by atoms with Crippen molar-refractivity contribution >= 4 is 22.9 Å². The molecule has 1 heterocycles. The minimum atomic E-state index is -0.540. The van der Waals surface area contributed by atoms with E-state index in [1.165, 1.54) is 12.5 Å². The van der Waals surface area contributed by atoms with Crippen LogP contribution >= 0.6 is 0 Å². The number of hydrogen-bond acceptors (Lipinski definition) is 5. The lowest BCUT2D eigenvalue weighted by molar-refractivity contribution is -0.122. The van der Waals surface area contributed by atoms with E-state index in [9.17, 15) is 14.4 Å². The molecule has 1 aliphatic rings. The summed E-state index contributed by atoms with van der Waals surface area (Å²) < 4.78 is 10.6. The molecular weight excluding hydrogens is 348 g/mol. The first kappa shape index (κ1) is 18.9. The van der Waals surface area contributed by atoms with E-state index in [0.717, 1.165) is 30.2 Å². The van der Waals surface area contributed by atoms with E-state index in [4.69, 9.17) is 9.15 Å². The van der Waals surface area contributed by atoms with Crippen LogP contribution in [0, 0.1) is 12.8 Å². The van der Waals surface area contributed by atoms with Gasteiger partial charge in [-0.1, -0.05) is 19.8 Å². The molecule has 1 aromatic heterocycles. The number of benzene rings is 1. The summed E-state index contributed by atoms with van der Waals surface area (Å²) in [7, 11) is 0. The molecule has 144 valence electrons. The third-order valence-corrected chi connectivity index (χ3v) is 4.97. The van der Waals surface area contributed by atoms with Crippen molar-refractivity contribution in [3.05, 3.63) is 40.2 Å². The number of carbonyl (C=O) groups excluding carboxylic acids is 2. The summed E-state index contributed by atoms with van der Waals surface area (Å²) in [5, 5.41) is 5.94. The van der Waals surface area contributed by atoms with Gasteiger partial charge in [-0.15, -0.1) is 0 Å². The zero-order valence-corrected chi connectivity index (χ0v) is 15.5. The fourth-order valence-corrected chi connectivity index (χ4v) is 3.44. The molecule has 2 atom stereocenters. The molecule has 3 rings (SSSR count). The Labute approximate surface area is 157 Å². The molecule has 7 heteroatoms. The summed E-state index contributed by atoms with van der Waals surface area (Å²) in [6.07, 6.45) is 4.28. The number of imide groups is 1. The maximum Gasteiger partial charge on any atom is 0.336 e. The van der Waals surface area contributed by atoms with Gasteiger partial charge in [0, 0.05) is 23.6 Å². The lowest BCUT2D eigenvalue weighted by Gasteiger charge is -2.29. The third kappa shape index (κ3) is 4.87. The predicted octanol–water partition coefficient (Wildman–Crippen LogP) is 2.88. The normalized spacial score (nSPS) is 19.5. The van der Waals surface area contributed by atoms with Crippen LogP contribution in [-0.2, 0) is 4.79 Å². The Hall–Kier alpha value is -2.83. The Morgan fingerprint density at radius 1 is 1.22 bits per heavy atom. The number of urea groups is 1. The second-order valence-electron chi connectivity index (χ2n) is 7.08. The summed E-state index contributed by atoms with van der Waals surface area (Å²) in [5.41, 5.74) is 0.754. The highest BCUT2D eigenvalue weighted by molar-refractivity contribution is 5.95. The first-order chi connectivity index (χ1) is 12.9. The molecule has 1 saturated carbocycles. The highest BCUT2D eigenvalue weighted by Gasteiger charge is 2.23. The number of aryl methyl sites for hydroxylation is 1. The second kappa shape index (κ2) is 8.24. The van der Waals surface area contributed by atoms with Gasteiger partial charge in [0.05, 0.1) is 0 Å². The van der Waals surface area contributed by atoms with E-state index in [2.05, 4.69) is 17.6 Å². The maximum absolute atomic E-state index is 12.0. The van der Waals surface area contributed by atoms with Gasteiger partial charge in [-0.25, -0.2) is 9.59 Å². The van der Waals surface area contributed by atoms with Crippen LogP contribution in [-0.4, -0.2) is 24.6 Å². The van der Waals surface area contributed by atoms with E-state index in [0.29, 0.717) is 17.3 Å². The number of hydrogen-bond donors (Lipinski definition) is 2. The van der Waals surface area contributed by atoms with Crippen molar-refractivity contribution in [2.24, 2.45) is 5.92 Å². The van der Waals surface area contributed by atoms with E-state index >= 15 is 0 Å². The molecule has 3 amide bonds. The zero-order valence-electron chi connectivity index (χ0n) is 15.5. The second-order valence-corrected chi connectivity index (χ2v) is 7.08. The van der Waals surface area contributed by atoms with Crippen molar-refractivity contribution in [3.63, 3.8) is 0 Å². The fraction of sp³-hybridized carbons (Fsp3) is 0.450. The highest BCUT2D eigenvalue weighted by Crippen LogP contribution is 2.24. The van der Waals surface area contributed by atoms with Crippen molar-refractivity contribution in [1.29, 1.82) is 0 Å². The number of fused-ring (bicyclic) bond motifs is 1. The molecule has 0 aliphatic heterocycles. The molecule has 1 aromatic carbocycles. The van der Waals surface area contributed by atoms with Gasteiger partial charge in [0.15, 0.2) is 6.61 Å². The summed E-state index contributed by atoms with van der Waals surface area (Å²) in [6.45, 7) is 3.61. The molecule has 2 N–H and O–H groups in total. The van der Waals surface area contributed by atoms with Crippen LogP contribution in [0.1, 0.15) is 38.2 Å². The molecule has 0 radical (unpaired) electrons. The molecule has 1 fully saturated rings.